The molecule has 0 aliphatic rings. The van der Waals surface area contributed by atoms with Crippen LogP contribution >= 0.6 is 0 Å². The van der Waals surface area contributed by atoms with E-state index in [1.165, 1.54) is 0 Å². The first-order valence-corrected chi connectivity index (χ1v) is 6.57. The highest BCUT2D eigenvalue weighted by Crippen LogP contribution is 2.09. The van der Waals surface area contributed by atoms with Crippen molar-refractivity contribution in [1.82, 2.24) is 10.2 Å². The maximum atomic E-state index is 11.9. The van der Waals surface area contributed by atoms with E-state index in [4.69, 9.17) is 5.11 Å². The van der Waals surface area contributed by atoms with Crippen LogP contribution < -0.4 is 5.32 Å². The molecular weight excluding hydrogens is 232 g/mol. The molecule has 0 aromatic rings. The Labute approximate surface area is 110 Å². The number of rotatable bonds is 7. The minimum absolute atomic E-state index is 0.0746. The van der Waals surface area contributed by atoms with Gasteiger partial charge in [0.15, 0.2) is 0 Å². The average molecular weight is 258 g/mol. The molecule has 18 heavy (non-hydrogen) atoms. The van der Waals surface area contributed by atoms with Gasteiger partial charge in [0.1, 0.15) is 6.04 Å². The number of nitrogens with one attached hydrogen (secondary N) is 1. The van der Waals surface area contributed by atoms with Crippen LogP contribution in [0.4, 0.5) is 4.79 Å². The first-order valence-electron chi connectivity index (χ1n) is 6.57. The number of aliphatic carboxylic acids is 1. The van der Waals surface area contributed by atoms with Gasteiger partial charge in [-0.05, 0) is 19.3 Å². The van der Waals surface area contributed by atoms with Crippen LogP contribution in [0.1, 0.15) is 47.0 Å². The van der Waals surface area contributed by atoms with Crippen molar-refractivity contribution in [3.63, 3.8) is 0 Å². The zero-order valence-electron chi connectivity index (χ0n) is 12.1. The number of carboxylic acid groups (broad SMARTS) is 1. The van der Waals surface area contributed by atoms with Crippen LogP contribution in [0.5, 0.6) is 0 Å². The number of amides is 2. The predicted molar refractivity (Wildman–Crippen MR) is 71.5 cm³/mol. The largest absolute Gasteiger partial charge is 0.480 e. The third kappa shape index (κ3) is 5.38. The molecule has 0 fully saturated rings. The molecule has 0 aromatic carbocycles. The normalized spacial score (nSPS) is 14.1. The van der Waals surface area contributed by atoms with E-state index in [0.717, 1.165) is 12.8 Å². The smallest absolute Gasteiger partial charge is 0.326 e. The van der Waals surface area contributed by atoms with Crippen molar-refractivity contribution in [2.24, 2.45) is 5.92 Å². The van der Waals surface area contributed by atoms with Crippen LogP contribution in [-0.2, 0) is 4.79 Å². The summed E-state index contributed by atoms with van der Waals surface area (Å²) in [5, 5.41) is 11.6. The number of urea groups is 1. The van der Waals surface area contributed by atoms with Gasteiger partial charge in [0.2, 0.25) is 0 Å². The molecule has 0 saturated heterocycles. The quantitative estimate of drug-likeness (QED) is 0.736. The summed E-state index contributed by atoms with van der Waals surface area (Å²) < 4.78 is 0. The molecule has 0 bridgehead atoms. The highest BCUT2D eigenvalue weighted by molar-refractivity contribution is 5.82. The molecule has 5 nitrogen and oxygen atoms in total. The Morgan fingerprint density at radius 1 is 1.28 bits per heavy atom. The summed E-state index contributed by atoms with van der Waals surface area (Å²) in [4.78, 5) is 24.5. The zero-order valence-corrected chi connectivity index (χ0v) is 12.1. The minimum atomic E-state index is -0.970. The number of hydrogen-bond donors (Lipinski definition) is 2. The van der Waals surface area contributed by atoms with E-state index < -0.39 is 12.0 Å². The van der Waals surface area contributed by atoms with Gasteiger partial charge in [-0.15, -0.1) is 0 Å². The summed E-state index contributed by atoms with van der Waals surface area (Å²) in [6, 6.07) is -1.04. The fraction of sp³-hybridized carbons (Fsp3) is 0.846. The Morgan fingerprint density at radius 2 is 1.83 bits per heavy atom. The first-order chi connectivity index (χ1) is 8.31. The van der Waals surface area contributed by atoms with E-state index in [1.54, 1.807) is 11.9 Å². The average Bonchev–Trinajstić information content (AvgIpc) is 2.31. The maximum Gasteiger partial charge on any atom is 0.326 e. The molecule has 0 spiro atoms. The van der Waals surface area contributed by atoms with E-state index in [1.807, 2.05) is 27.7 Å². The van der Waals surface area contributed by atoms with Crippen molar-refractivity contribution in [3.8, 4) is 0 Å². The standard InChI is InChI=1S/C13H26N2O3/c1-6-7-8-11(12(16)17)14-13(18)15(5)10(4)9(2)3/h9-11H,6-8H2,1-5H3,(H,14,18)(H,16,17). The van der Waals surface area contributed by atoms with Gasteiger partial charge < -0.3 is 15.3 Å². The van der Waals surface area contributed by atoms with Crippen molar-refractivity contribution in [3.05, 3.63) is 0 Å². The lowest BCUT2D eigenvalue weighted by atomic mass is 10.1. The summed E-state index contributed by atoms with van der Waals surface area (Å²) >= 11 is 0. The molecule has 2 N–H and O–H groups in total. The Bertz CT molecular complexity index is 279. The molecule has 0 aromatic heterocycles. The van der Waals surface area contributed by atoms with E-state index in [9.17, 15) is 9.59 Å². The second-order valence-electron chi connectivity index (χ2n) is 5.08. The molecule has 2 amide bonds. The Hall–Kier alpha value is -1.26. The number of nitrogens with zero attached hydrogens (tertiary/aromatic N) is 1. The molecule has 0 saturated carbocycles. The van der Waals surface area contributed by atoms with E-state index in [2.05, 4.69) is 5.32 Å². The van der Waals surface area contributed by atoms with E-state index >= 15 is 0 Å². The summed E-state index contributed by atoms with van der Waals surface area (Å²) in [7, 11) is 1.69. The molecule has 2 atom stereocenters. The highest BCUT2D eigenvalue weighted by atomic mass is 16.4. The van der Waals surface area contributed by atoms with Crippen molar-refractivity contribution >= 4 is 12.0 Å². The molecule has 0 aliphatic carbocycles. The minimum Gasteiger partial charge on any atom is -0.480 e. The third-order valence-electron chi connectivity index (χ3n) is 3.34. The van der Waals surface area contributed by atoms with Crippen LogP contribution in [0.15, 0.2) is 0 Å². The van der Waals surface area contributed by atoms with Crippen LogP contribution in [0.25, 0.3) is 0 Å². The molecule has 0 radical (unpaired) electrons. The molecule has 0 heterocycles. The van der Waals surface area contributed by atoms with Gasteiger partial charge >= 0.3 is 12.0 Å². The molecule has 106 valence electrons. The lowest BCUT2D eigenvalue weighted by Gasteiger charge is -2.29. The summed E-state index contributed by atoms with van der Waals surface area (Å²) in [6.07, 6.45) is 2.18. The number of hydrogen-bond acceptors (Lipinski definition) is 2. The van der Waals surface area contributed by atoms with Gasteiger partial charge in [-0.1, -0.05) is 33.6 Å². The number of carboxylic acids is 1. The Balaban J connectivity index is 4.45. The lowest BCUT2D eigenvalue weighted by Crippen LogP contribution is -2.50. The topological polar surface area (TPSA) is 69.6 Å². The van der Waals surface area contributed by atoms with Crippen molar-refractivity contribution in [2.45, 2.75) is 59.0 Å². The van der Waals surface area contributed by atoms with Gasteiger partial charge in [0, 0.05) is 13.1 Å². The van der Waals surface area contributed by atoms with Crippen molar-refractivity contribution in [2.75, 3.05) is 7.05 Å². The van der Waals surface area contributed by atoms with Gasteiger partial charge in [-0.2, -0.15) is 0 Å². The summed E-state index contributed by atoms with van der Waals surface area (Å²) in [5.74, 6) is -0.637. The molecule has 2 unspecified atom stereocenters. The SMILES string of the molecule is CCCCC(NC(=O)N(C)C(C)C(C)C)C(=O)O. The molecular formula is C13H26N2O3. The molecule has 5 heteroatoms. The molecule has 0 rings (SSSR count). The van der Waals surface area contributed by atoms with Crippen molar-refractivity contribution in [1.29, 1.82) is 0 Å². The fourth-order valence-corrected chi connectivity index (χ4v) is 1.55. The Morgan fingerprint density at radius 3 is 2.22 bits per heavy atom. The summed E-state index contributed by atoms with van der Waals surface area (Å²) in [6.45, 7) is 8.00. The van der Waals surface area contributed by atoms with Gasteiger partial charge in [-0.3, -0.25) is 0 Å². The summed E-state index contributed by atoms with van der Waals surface area (Å²) in [5.41, 5.74) is 0. The number of carbonyl (C=O) groups excluding carboxylic acids is 1. The maximum absolute atomic E-state index is 11.9. The van der Waals surface area contributed by atoms with Gasteiger partial charge in [-0.25, -0.2) is 9.59 Å². The number of unbranched alkanes of at least 4 members (excludes halogenated alkanes) is 1. The molecule has 0 aliphatic heterocycles. The second kappa shape index (κ2) is 7.95. The van der Waals surface area contributed by atoms with E-state index in [0.29, 0.717) is 12.3 Å². The monoisotopic (exact) mass is 258 g/mol. The predicted octanol–water partition coefficient (Wildman–Crippen LogP) is 2.32. The van der Waals surface area contributed by atoms with Crippen LogP contribution in [0.3, 0.4) is 0 Å². The van der Waals surface area contributed by atoms with Crippen LogP contribution in [0, 0.1) is 5.92 Å². The highest BCUT2D eigenvalue weighted by Gasteiger charge is 2.24. The fourth-order valence-electron chi connectivity index (χ4n) is 1.55. The van der Waals surface area contributed by atoms with Gasteiger partial charge in [0.05, 0.1) is 0 Å². The Kier molecular flexibility index (Phi) is 7.39. The second-order valence-corrected chi connectivity index (χ2v) is 5.08. The zero-order chi connectivity index (χ0) is 14.3. The third-order valence-corrected chi connectivity index (χ3v) is 3.34. The van der Waals surface area contributed by atoms with Crippen LogP contribution in [-0.4, -0.2) is 41.1 Å². The van der Waals surface area contributed by atoms with Crippen LogP contribution in [0.2, 0.25) is 0 Å². The van der Waals surface area contributed by atoms with E-state index in [-0.39, 0.29) is 12.1 Å². The van der Waals surface area contributed by atoms with Crippen molar-refractivity contribution < 1.29 is 14.7 Å². The van der Waals surface area contributed by atoms with Gasteiger partial charge in [0.25, 0.3) is 0 Å². The number of carbonyl (C=O) groups is 2. The lowest BCUT2D eigenvalue weighted by molar-refractivity contribution is -0.139. The first kappa shape index (κ1) is 16.7.